The van der Waals surface area contributed by atoms with Crippen molar-refractivity contribution in [3.8, 4) is 0 Å². The molecule has 0 aromatic carbocycles. The summed E-state index contributed by atoms with van der Waals surface area (Å²) in [6.07, 6.45) is 6.98. The summed E-state index contributed by atoms with van der Waals surface area (Å²) in [7, 11) is 0. The number of H-pyrrole nitrogens is 1. The van der Waals surface area contributed by atoms with Gasteiger partial charge in [-0.05, 0) is 25.2 Å². The van der Waals surface area contributed by atoms with E-state index in [2.05, 4.69) is 27.4 Å². The van der Waals surface area contributed by atoms with Gasteiger partial charge in [0.05, 0.1) is 11.9 Å². The summed E-state index contributed by atoms with van der Waals surface area (Å²) >= 11 is 0. The van der Waals surface area contributed by atoms with E-state index in [0.29, 0.717) is 29.1 Å². The van der Waals surface area contributed by atoms with Gasteiger partial charge in [-0.1, -0.05) is 20.3 Å². The molecular weight excluding hydrogens is 320 g/mol. The molecule has 1 saturated heterocycles. The number of nitrogens with one attached hydrogen (secondary N) is 2. The first-order valence-corrected chi connectivity index (χ1v) is 8.75. The predicted molar refractivity (Wildman–Crippen MR) is 95.7 cm³/mol. The second-order valence-electron chi connectivity index (χ2n) is 6.54. The molecule has 1 aliphatic rings. The molecule has 2 aromatic rings. The molecule has 2 aromatic heterocycles. The second kappa shape index (κ2) is 7.08. The van der Waals surface area contributed by atoms with Crippen molar-refractivity contribution >= 4 is 34.2 Å². The first-order chi connectivity index (χ1) is 12.0. The van der Waals surface area contributed by atoms with Gasteiger partial charge in [-0.2, -0.15) is 5.10 Å². The second-order valence-corrected chi connectivity index (χ2v) is 6.54. The van der Waals surface area contributed by atoms with E-state index in [1.165, 1.54) is 6.20 Å². The van der Waals surface area contributed by atoms with Crippen molar-refractivity contribution in [1.82, 2.24) is 20.1 Å². The van der Waals surface area contributed by atoms with Gasteiger partial charge in [-0.25, -0.2) is 4.98 Å². The van der Waals surface area contributed by atoms with E-state index in [9.17, 15) is 9.59 Å². The standard InChI is InChI=1S/C17H24N6O2/c1-3-10-5-6-11(4-2)23(9-10)17(25)16(24)21-15-14-12(7-20-22-14)13(18)8-19-15/h7-8,10-11H,3-6,9,18H2,1-2H3,(H,20,22)(H,19,21,24). The van der Waals surface area contributed by atoms with E-state index < -0.39 is 11.8 Å². The molecule has 2 atom stereocenters. The van der Waals surface area contributed by atoms with Crippen molar-refractivity contribution in [1.29, 1.82) is 0 Å². The predicted octanol–water partition coefficient (Wildman–Crippen LogP) is 1.91. The van der Waals surface area contributed by atoms with E-state index in [4.69, 9.17) is 5.73 Å². The number of piperidine rings is 1. The average Bonchev–Trinajstić information content (AvgIpc) is 3.13. The van der Waals surface area contributed by atoms with Gasteiger partial charge in [0.1, 0.15) is 5.52 Å². The Kier molecular flexibility index (Phi) is 4.87. The molecule has 2 amide bonds. The molecular formula is C17H24N6O2. The zero-order chi connectivity index (χ0) is 18.0. The van der Waals surface area contributed by atoms with Gasteiger partial charge < -0.3 is 16.0 Å². The molecule has 0 bridgehead atoms. The number of aromatic nitrogens is 3. The summed E-state index contributed by atoms with van der Waals surface area (Å²) in [6.45, 7) is 4.80. The van der Waals surface area contributed by atoms with Crippen LogP contribution in [0.25, 0.3) is 10.9 Å². The highest BCUT2D eigenvalue weighted by atomic mass is 16.2. The number of pyridine rings is 1. The van der Waals surface area contributed by atoms with E-state index in [1.54, 1.807) is 11.1 Å². The molecule has 2 unspecified atom stereocenters. The molecule has 4 N–H and O–H groups in total. The number of hydrogen-bond donors (Lipinski definition) is 3. The van der Waals surface area contributed by atoms with Crippen LogP contribution >= 0.6 is 0 Å². The number of amides is 2. The van der Waals surface area contributed by atoms with Gasteiger partial charge in [0, 0.05) is 24.2 Å². The number of aromatic amines is 1. The van der Waals surface area contributed by atoms with Gasteiger partial charge in [0.15, 0.2) is 5.82 Å². The molecule has 134 valence electrons. The minimum atomic E-state index is -0.684. The zero-order valence-corrected chi connectivity index (χ0v) is 14.6. The minimum Gasteiger partial charge on any atom is -0.397 e. The van der Waals surface area contributed by atoms with Crippen LogP contribution in [0, 0.1) is 5.92 Å². The Hall–Kier alpha value is -2.64. The monoisotopic (exact) mass is 344 g/mol. The maximum atomic E-state index is 12.7. The number of likely N-dealkylation sites (tertiary alicyclic amines) is 1. The van der Waals surface area contributed by atoms with E-state index in [-0.39, 0.29) is 11.9 Å². The quantitative estimate of drug-likeness (QED) is 0.735. The number of carbonyl (C=O) groups excluding carboxylic acids is 2. The molecule has 8 heteroatoms. The number of hydrogen-bond acceptors (Lipinski definition) is 5. The number of nitrogens with zero attached hydrogens (tertiary/aromatic N) is 3. The van der Waals surface area contributed by atoms with Crippen LogP contribution in [0.5, 0.6) is 0 Å². The Morgan fingerprint density at radius 3 is 2.88 bits per heavy atom. The van der Waals surface area contributed by atoms with Crippen LogP contribution in [-0.2, 0) is 9.59 Å². The van der Waals surface area contributed by atoms with Crippen LogP contribution in [0.3, 0.4) is 0 Å². The van der Waals surface area contributed by atoms with Crippen molar-refractivity contribution in [2.75, 3.05) is 17.6 Å². The van der Waals surface area contributed by atoms with E-state index in [1.807, 2.05) is 6.92 Å². The summed E-state index contributed by atoms with van der Waals surface area (Å²) in [5.74, 6) is -0.503. The first kappa shape index (κ1) is 17.2. The van der Waals surface area contributed by atoms with Crippen LogP contribution in [0.4, 0.5) is 11.5 Å². The SMILES string of the molecule is CCC1CCC(CC)N(C(=O)C(=O)Nc2ncc(N)c3c[nH]nc23)C1. The molecule has 0 spiro atoms. The summed E-state index contributed by atoms with van der Waals surface area (Å²) in [6, 6.07) is 0.117. The third-order valence-electron chi connectivity index (χ3n) is 5.05. The smallest absolute Gasteiger partial charge is 0.315 e. The van der Waals surface area contributed by atoms with Gasteiger partial charge in [0.25, 0.3) is 0 Å². The lowest BCUT2D eigenvalue weighted by atomic mass is 9.89. The van der Waals surface area contributed by atoms with Gasteiger partial charge in [-0.15, -0.1) is 0 Å². The number of fused-ring (bicyclic) bond motifs is 1. The Balaban J connectivity index is 1.78. The minimum absolute atomic E-state index is 0.117. The van der Waals surface area contributed by atoms with Crippen molar-refractivity contribution in [3.63, 3.8) is 0 Å². The largest absolute Gasteiger partial charge is 0.397 e. The Labute approximate surface area is 146 Å². The highest BCUT2D eigenvalue weighted by Gasteiger charge is 2.33. The number of anilines is 2. The maximum absolute atomic E-state index is 12.7. The third-order valence-corrected chi connectivity index (χ3v) is 5.05. The highest BCUT2D eigenvalue weighted by Crippen LogP contribution is 2.27. The van der Waals surface area contributed by atoms with Gasteiger partial charge in [-0.3, -0.25) is 14.7 Å². The fourth-order valence-corrected chi connectivity index (χ4v) is 3.45. The fraction of sp³-hybridized carbons (Fsp3) is 0.529. The summed E-state index contributed by atoms with van der Waals surface area (Å²) < 4.78 is 0. The molecule has 25 heavy (non-hydrogen) atoms. The lowest BCUT2D eigenvalue weighted by Gasteiger charge is -2.38. The van der Waals surface area contributed by atoms with E-state index >= 15 is 0 Å². The summed E-state index contributed by atoms with van der Waals surface area (Å²) in [4.78, 5) is 31.0. The normalized spacial score (nSPS) is 20.6. The van der Waals surface area contributed by atoms with Crippen molar-refractivity contribution in [3.05, 3.63) is 12.4 Å². The average molecular weight is 344 g/mol. The van der Waals surface area contributed by atoms with Crippen molar-refractivity contribution in [2.24, 2.45) is 5.92 Å². The Bertz CT molecular complexity index is 787. The molecule has 0 radical (unpaired) electrons. The highest BCUT2D eigenvalue weighted by molar-refractivity contribution is 6.40. The molecule has 3 heterocycles. The maximum Gasteiger partial charge on any atom is 0.315 e. The van der Waals surface area contributed by atoms with Crippen LogP contribution in [-0.4, -0.2) is 44.5 Å². The molecule has 8 nitrogen and oxygen atoms in total. The topological polar surface area (TPSA) is 117 Å². The Morgan fingerprint density at radius 2 is 2.16 bits per heavy atom. The zero-order valence-electron chi connectivity index (χ0n) is 14.6. The molecule has 0 saturated carbocycles. The van der Waals surface area contributed by atoms with Crippen LogP contribution in [0.2, 0.25) is 0 Å². The molecule has 3 rings (SSSR count). The molecule has 1 aliphatic heterocycles. The summed E-state index contributed by atoms with van der Waals surface area (Å²) in [5.41, 5.74) is 6.74. The Morgan fingerprint density at radius 1 is 1.36 bits per heavy atom. The van der Waals surface area contributed by atoms with Crippen molar-refractivity contribution < 1.29 is 9.59 Å². The van der Waals surface area contributed by atoms with Gasteiger partial charge >= 0.3 is 11.8 Å². The molecule has 1 fully saturated rings. The number of nitrogen functional groups attached to an aromatic ring is 1. The van der Waals surface area contributed by atoms with E-state index in [0.717, 1.165) is 25.7 Å². The van der Waals surface area contributed by atoms with Gasteiger partial charge in [0.2, 0.25) is 0 Å². The number of nitrogens with two attached hydrogens (primary N) is 1. The third kappa shape index (κ3) is 3.29. The lowest BCUT2D eigenvalue weighted by Crippen LogP contribution is -2.50. The summed E-state index contributed by atoms with van der Waals surface area (Å²) in [5, 5.41) is 10.0. The number of carbonyl (C=O) groups is 2. The van der Waals surface area contributed by atoms with Crippen molar-refractivity contribution in [2.45, 2.75) is 45.6 Å². The van der Waals surface area contributed by atoms with Crippen LogP contribution in [0.1, 0.15) is 39.5 Å². The van der Waals surface area contributed by atoms with Crippen LogP contribution < -0.4 is 11.1 Å². The first-order valence-electron chi connectivity index (χ1n) is 8.75. The lowest BCUT2D eigenvalue weighted by molar-refractivity contribution is -0.146. The molecule has 0 aliphatic carbocycles. The van der Waals surface area contributed by atoms with Crippen LogP contribution in [0.15, 0.2) is 12.4 Å². The number of rotatable bonds is 3. The fourth-order valence-electron chi connectivity index (χ4n) is 3.45.